The number of carbonyl (C=O) groups is 1. The highest BCUT2D eigenvalue weighted by atomic mass is 19.4. The Kier molecular flexibility index (Phi) is 6.65. The highest BCUT2D eigenvalue weighted by Gasteiger charge is 2.37. The van der Waals surface area contributed by atoms with Crippen LogP contribution in [-0.2, 0) is 17.4 Å². The zero-order valence-electron chi connectivity index (χ0n) is 18.3. The molecule has 2 aliphatic rings. The Morgan fingerprint density at radius 3 is 2.59 bits per heavy atom. The maximum absolute atomic E-state index is 14.0. The zero-order valence-corrected chi connectivity index (χ0v) is 18.3. The molecule has 2 atom stereocenters. The molecule has 1 heterocycles. The van der Waals surface area contributed by atoms with E-state index in [0.29, 0.717) is 24.3 Å². The minimum atomic E-state index is -4.50. The molecule has 174 valence electrons. The van der Waals surface area contributed by atoms with Crippen molar-refractivity contribution in [2.24, 2.45) is 11.8 Å². The normalized spacial score (nSPS) is 26.4. The molecule has 1 aliphatic carbocycles. The number of carboxylic acid groups (broad SMARTS) is 1. The van der Waals surface area contributed by atoms with Crippen LogP contribution in [0.2, 0.25) is 0 Å². The van der Waals surface area contributed by atoms with Crippen LogP contribution in [0, 0.1) is 11.8 Å². The summed E-state index contributed by atoms with van der Waals surface area (Å²) < 4.78 is 48.0. The number of hydrogen-bond acceptors (Lipinski definition) is 3. The van der Waals surface area contributed by atoms with E-state index in [1.54, 1.807) is 18.2 Å². The molecule has 0 radical (unpaired) electrons. The van der Waals surface area contributed by atoms with Crippen LogP contribution in [-0.4, -0.2) is 29.8 Å². The van der Waals surface area contributed by atoms with Crippen molar-refractivity contribution in [2.45, 2.75) is 70.2 Å². The van der Waals surface area contributed by atoms with Gasteiger partial charge in [0, 0.05) is 12.5 Å². The molecule has 4 nitrogen and oxygen atoms in total. The zero-order chi connectivity index (χ0) is 22.9. The number of benzene rings is 2. The van der Waals surface area contributed by atoms with Crippen LogP contribution >= 0.6 is 0 Å². The van der Waals surface area contributed by atoms with E-state index in [1.165, 1.54) is 6.07 Å². The van der Waals surface area contributed by atoms with E-state index in [-0.39, 0.29) is 35.6 Å². The summed E-state index contributed by atoms with van der Waals surface area (Å²) >= 11 is 0. The minimum absolute atomic E-state index is 0.0775. The van der Waals surface area contributed by atoms with E-state index >= 15 is 0 Å². The van der Waals surface area contributed by atoms with Crippen LogP contribution in [0.15, 0.2) is 30.3 Å². The molecule has 0 amide bonds. The van der Waals surface area contributed by atoms with Crippen molar-refractivity contribution in [2.75, 3.05) is 6.54 Å². The smallest absolute Gasteiger partial charge is 0.420 e. The number of aliphatic carboxylic acids is 1. The van der Waals surface area contributed by atoms with Gasteiger partial charge in [-0.05, 0) is 79.3 Å². The lowest BCUT2D eigenvalue weighted by atomic mass is 9.89. The van der Waals surface area contributed by atoms with E-state index in [2.05, 4.69) is 12.2 Å². The molecular formula is C25H30F3NO3. The van der Waals surface area contributed by atoms with Crippen molar-refractivity contribution in [1.29, 1.82) is 0 Å². The van der Waals surface area contributed by atoms with Crippen LogP contribution in [0.1, 0.15) is 56.6 Å². The van der Waals surface area contributed by atoms with Gasteiger partial charge < -0.3 is 15.2 Å². The van der Waals surface area contributed by atoms with Crippen molar-refractivity contribution in [3.8, 4) is 5.75 Å². The molecule has 2 fully saturated rings. The molecule has 32 heavy (non-hydrogen) atoms. The molecule has 2 aromatic rings. The van der Waals surface area contributed by atoms with Gasteiger partial charge in [0.1, 0.15) is 11.3 Å². The quantitative estimate of drug-likeness (QED) is 0.584. The molecule has 0 bridgehead atoms. The lowest BCUT2D eigenvalue weighted by Crippen LogP contribution is -2.24. The van der Waals surface area contributed by atoms with Crippen molar-refractivity contribution < 1.29 is 27.8 Å². The number of ether oxygens (including phenoxy) is 1. The third-order valence-corrected chi connectivity index (χ3v) is 6.84. The summed E-state index contributed by atoms with van der Waals surface area (Å²) in [5.41, 5.74) is 0.245. The van der Waals surface area contributed by atoms with E-state index in [9.17, 15) is 18.0 Å². The lowest BCUT2D eigenvalue weighted by Gasteiger charge is -2.28. The molecule has 1 aliphatic heterocycles. The molecule has 2 aromatic carbocycles. The highest BCUT2D eigenvalue weighted by molar-refractivity contribution is 5.89. The Morgan fingerprint density at radius 2 is 1.91 bits per heavy atom. The monoisotopic (exact) mass is 449 g/mol. The first kappa shape index (κ1) is 22.9. The summed E-state index contributed by atoms with van der Waals surface area (Å²) in [6.45, 7) is 2.82. The fraction of sp³-hybridized carbons (Fsp3) is 0.560. The number of halogens is 3. The molecular weight excluding hydrogens is 419 g/mol. The van der Waals surface area contributed by atoms with Crippen molar-refractivity contribution in [3.63, 3.8) is 0 Å². The van der Waals surface area contributed by atoms with Crippen molar-refractivity contribution >= 4 is 16.7 Å². The number of rotatable bonds is 6. The topological polar surface area (TPSA) is 58.6 Å². The second-order valence-electron chi connectivity index (χ2n) is 9.50. The van der Waals surface area contributed by atoms with Gasteiger partial charge in [-0.15, -0.1) is 0 Å². The predicted octanol–water partition coefficient (Wildman–Crippen LogP) is 5.81. The SMILES string of the molecule is CC1CCC(Oc2ccc3cc(CC4CC(CC(=O)O)CN4)ccc3c2C(F)(F)F)CC1. The number of alkyl halides is 3. The molecule has 0 spiro atoms. The minimum Gasteiger partial charge on any atom is -0.490 e. The van der Waals surface area contributed by atoms with Gasteiger partial charge in [0.15, 0.2) is 0 Å². The first-order valence-corrected chi connectivity index (χ1v) is 11.4. The number of nitrogens with one attached hydrogen (secondary N) is 1. The second-order valence-corrected chi connectivity index (χ2v) is 9.50. The number of carboxylic acids is 1. The van der Waals surface area contributed by atoms with Crippen LogP contribution in [0.25, 0.3) is 10.8 Å². The summed E-state index contributed by atoms with van der Waals surface area (Å²) in [7, 11) is 0. The Labute approximate surface area is 186 Å². The van der Waals surface area contributed by atoms with Crippen LogP contribution in [0.5, 0.6) is 5.75 Å². The summed E-state index contributed by atoms with van der Waals surface area (Å²) in [4.78, 5) is 10.9. The first-order chi connectivity index (χ1) is 15.2. The summed E-state index contributed by atoms with van der Waals surface area (Å²) in [5.74, 6) is -0.187. The molecule has 1 saturated heterocycles. The summed E-state index contributed by atoms with van der Waals surface area (Å²) in [6.07, 6.45) is 0.401. The standard InChI is InChI=1S/C25H30F3NO3/c1-15-2-6-20(7-3-15)32-22-9-5-18-10-16(4-8-21(18)24(22)25(26,27)28)11-19-12-17(14-29-19)13-23(30)31/h4-5,8-10,15,17,19-20,29H,2-3,6-7,11-14H2,1H3,(H,30,31). The third-order valence-electron chi connectivity index (χ3n) is 6.84. The molecule has 4 rings (SSSR count). The predicted molar refractivity (Wildman–Crippen MR) is 117 cm³/mol. The Bertz CT molecular complexity index is 967. The second kappa shape index (κ2) is 9.30. The summed E-state index contributed by atoms with van der Waals surface area (Å²) in [5, 5.41) is 13.0. The van der Waals surface area contributed by atoms with E-state index in [1.807, 2.05) is 6.07 Å². The van der Waals surface area contributed by atoms with Gasteiger partial charge in [0.05, 0.1) is 6.10 Å². The maximum Gasteiger partial charge on any atom is 0.420 e. The van der Waals surface area contributed by atoms with Gasteiger partial charge in [-0.3, -0.25) is 4.79 Å². The van der Waals surface area contributed by atoms with E-state index < -0.39 is 17.7 Å². The van der Waals surface area contributed by atoms with Crippen molar-refractivity contribution in [1.82, 2.24) is 5.32 Å². The van der Waals surface area contributed by atoms with Gasteiger partial charge in [-0.25, -0.2) is 0 Å². The van der Waals surface area contributed by atoms with Crippen LogP contribution in [0.4, 0.5) is 13.2 Å². The fourth-order valence-electron chi connectivity index (χ4n) is 5.15. The average Bonchev–Trinajstić information content (AvgIpc) is 3.14. The Balaban J connectivity index is 1.54. The Morgan fingerprint density at radius 1 is 1.16 bits per heavy atom. The molecule has 2 N–H and O–H groups in total. The van der Waals surface area contributed by atoms with Gasteiger partial charge in [-0.1, -0.05) is 31.2 Å². The van der Waals surface area contributed by atoms with Gasteiger partial charge in [0.2, 0.25) is 0 Å². The fourth-order valence-corrected chi connectivity index (χ4v) is 5.15. The number of fused-ring (bicyclic) bond motifs is 1. The molecule has 0 aromatic heterocycles. The van der Waals surface area contributed by atoms with Gasteiger partial charge in [-0.2, -0.15) is 13.2 Å². The third kappa shape index (κ3) is 5.37. The average molecular weight is 450 g/mol. The lowest BCUT2D eigenvalue weighted by molar-refractivity contribution is -0.139. The van der Waals surface area contributed by atoms with E-state index in [4.69, 9.17) is 9.84 Å². The van der Waals surface area contributed by atoms with E-state index in [0.717, 1.165) is 37.7 Å². The van der Waals surface area contributed by atoms with Gasteiger partial charge in [0.25, 0.3) is 0 Å². The van der Waals surface area contributed by atoms with Crippen LogP contribution in [0.3, 0.4) is 0 Å². The Hall–Kier alpha value is -2.28. The largest absolute Gasteiger partial charge is 0.490 e. The highest BCUT2D eigenvalue weighted by Crippen LogP contribution is 2.43. The molecule has 7 heteroatoms. The molecule has 1 saturated carbocycles. The van der Waals surface area contributed by atoms with Gasteiger partial charge >= 0.3 is 12.1 Å². The number of hydrogen-bond donors (Lipinski definition) is 2. The molecule has 2 unspecified atom stereocenters. The van der Waals surface area contributed by atoms with Crippen LogP contribution < -0.4 is 10.1 Å². The maximum atomic E-state index is 14.0. The first-order valence-electron chi connectivity index (χ1n) is 11.4. The summed E-state index contributed by atoms with van der Waals surface area (Å²) in [6, 6.07) is 8.41. The van der Waals surface area contributed by atoms with Crippen molar-refractivity contribution in [3.05, 3.63) is 41.5 Å².